The molecule has 0 aliphatic heterocycles. The topological polar surface area (TPSA) is 19.9 Å². The first-order valence-electron chi connectivity index (χ1n) is 9.01. The molecule has 0 aliphatic rings. The van der Waals surface area contributed by atoms with Gasteiger partial charge < -0.3 is 0 Å². The van der Waals surface area contributed by atoms with Gasteiger partial charge in [0.05, 0.1) is 0 Å². The van der Waals surface area contributed by atoms with E-state index in [4.69, 9.17) is 0 Å². The fraction of sp³-hybridized carbons (Fsp3) is 0.333. The second-order valence-electron chi connectivity index (χ2n) is 9.33. The van der Waals surface area contributed by atoms with Crippen LogP contribution >= 0.6 is 0 Å². The molecule has 0 saturated heterocycles. The molecule has 1 heteroatoms. The Morgan fingerprint density at radius 1 is 0.640 bits per heavy atom. The molecule has 0 amide bonds. The number of hydrogen-bond donors (Lipinski definition) is 0. The monoisotopic (exact) mass is 329 g/mol. The largest absolute Gasteiger partial charge is 0.289 e. The van der Waals surface area contributed by atoms with E-state index in [0.29, 0.717) is 0 Å². The third-order valence-corrected chi connectivity index (χ3v) is 5.34. The van der Waals surface area contributed by atoms with Crippen LogP contribution in [0.25, 0.3) is 32.3 Å². The first-order valence-corrected chi connectivity index (χ1v) is 9.01. The molecule has 25 heavy (non-hydrogen) atoms. The molecule has 0 unspecified atom stereocenters. The lowest BCUT2D eigenvalue weighted by Gasteiger charge is -2.23. The quantitative estimate of drug-likeness (QED) is 0.301. The van der Waals surface area contributed by atoms with Gasteiger partial charge in [0.15, 0.2) is 5.75 Å². The van der Waals surface area contributed by atoms with Crippen molar-refractivity contribution in [1.82, 2.24) is 0 Å². The second kappa shape index (κ2) is 4.88. The van der Waals surface area contributed by atoms with Crippen molar-refractivity contribution in [2.24, 2.45) is 0 Å². The lowest BCUT2D eigenvalue weighted by molar-refractivity contribution is 0.346. The maximum Gasteiger partial charge on any atom is 0.190 e. The highest BCUT2D eigenvalue weighted by Crippen LogP contribution is 2.44. The molecule has 1 radical (unpaired) electrons. The molecule has 0 aromatic heterocycles. The Kier molecular flexibility index (Phi) is 3.16. The van der Waals surface area contributed by atoms with Crippen molar-refractivity contribution in [3.8, 4) is 5.75 Å². The van der Waals surface area contributed by atoms with E-state index in [-0.39, 0.29) is 16.6 Å². The third kappa shape index (κ3) is 2.37. The summed E-state index contributed by atoms with van der Waals surface area (Å²) in [4.78, 5) is 0. The van der Waals surface area contributed by atoms with Crippen molar-refractivity contribution in [2.75, 3.05) is 0 Å². The van der Waals surface area contributed by atoms with Crippen LogP contribution in [0.5, 0.6) is 5.75 Å². The number of hydrogen-bond acceptors (Lipinski definition) is 0. The summed E-state index contributed by atoms with van der Waals surface area (Å²) in [5, 5.41) is 19.9. The average molecular weight is 329 g/mol. The summed E-state index contributed by atoms with van der Waals surface area (Å²) in [7, 11) is 0. The summed E-state index contributed by atoms with van der Waals surface area (Å²) in [6, 6.07) is 15.2. The molecule has 127 valence electrons. The molecular formula is C24H25O. The SMILES string of the molecule is CC(C)(C)c1cc2ccc3cc(C(C)(C)C)c([O])c4ccc(c1)c2c34. The van der Waals surface area contributed by atoms with Crippen LogP contribution in [0.4, 0.5) is 0 Å². The zero-order valence-electron chi connectivity index (χ0n) is 15.9. The molecule has 4 rings (SSSR count). The smallest absolute Gasteiger partial charge is 0.190 e. The summed E-state index contributed by atoms with van der Waals surface area (Å²) in [6.45, 7) is 13.0. The maximum atomic E-state index is 13.1. The van der Waals surface area contributed by atoms with Crippen LogP contribution in [-0.4, -0.2) is 0 Å². The van der Waals surface area contributed by atoms with E-state index in [2.05, 4.69) is 77.9 Å². The van der Waals surface area contributed by atoms with Crippen molar-refractivity contribution < 1.29 is 5.11 Å². The van der Waals surface area contributed by atoms with E-state index in [1.807, 2.05) is 6.07 Å². The van der Waals surface area contributed by atoms with Gasteiger partial charge in [-0.1, -0.05) is 71.9 Å². The second-order valence-corrected chi connectivity index (χ2v) is 9.33. The standard InChI is InChI=1S/C24H25O/c1-23(2,3)17-11-14-7-8-16-13-19(24(4,5)6)22(25)18-10-9-15(12-17)20(14)21(16)18/h7-13H,1-6H3. The highest BCUT2D eigenvalue weighted by molar-refractivity contribution is 6.24. The van der Waals surface area contributed by atoms with Crippen LogP contribution in [0.1, 0.15) is 52.7 Å². The van der Waals surface area contributed by atoms with E-state index in [9.17, 15) is 5.11 Å². The number of rotatable bonds is 0. The van der Waals surface area contributed by atoms with Crippen molar-refractivity contribution in [1.29, 1.82) is 0 Å². The van der Waals surface area contributed by atoms with Crippen LogP contribution in [0.15, 0.2) is 42.5 Å². The Morgan fingerprint density at radius 2 is 1.16 bits per heavy atom. The molecule has 0 aliphatic carbocycles. The van der Waals surface area contributed by atoms with E-state index in [1.54, 1.807) is 0 Å². The van der Waals surface area contributed by atoms with Gasteiger partial charge in [0.1, 0.15) is 0 Å². The van der Waals surface area contributed by atoms with Gasteiger partial charge in [0, 0.05) is 16.3 Å². The van der Waals surface area contributed by atoms with Crippen LogP contribution in [0, 0.1) is 0 Å². The van der Waals surface area contributed by atoms with E-state index in [0.717, 1.165) is 16.3 Å². The van der Waals surface area contributed by atoms with Crippen molar-refractivity contribution in [3.63, 3.8) is 0 Å². The van der Waals surface area contributed by atoms with Gasteiger partial charge in [-0.15, -0.1) is 0 Å². The highest BCUT2D eigenvalue weighted by Gasteiger charge is 2.24. The zero-order chi connectivity index (χ0) is 18.1. The first kappa shape index (κ1) is 16.2. The Balaban J connectivity index is 2.18. The summed E-state index contributed by atoms with van der Waals surface area (Å²) < 4.78 is 0. The van der Waals surface area contributed by atoms with Gasteiger partial charge in [-0.05, 0) is 50.1 Å². The van der Waals surface area contributed by atoms with E-state index in [1.165, 1.54) is 27.1 Å². The summed E-state index contributed by atoms with van der Waals surface area (Å²) in [5.41, 5.74) is 2.18. The zero-order valence-corrected chi connectivity index (χ0v) is 15.9. The Morgan fingerprint density at radius 3 is 1.68 bits per heavy atom. The third-order valence-electron chi connectivity index (χ3n) is 5.34. The van der Waals surface area contributed by atoms with Gasteiger partial charge in [0.2, 0.25) is 0 Å². The fourth-order valence-electron chi connectivity index (χ4n) is 3.86. The lowest BCUT2D eigenvalue weighted by atomic mass is 9.80. The van der Waals surface area contributed by atoms with Crippen molar-refractivity contribution in [3.05, 3.63) is 53.6 Å². The molecule has 0 atom stereocenters. The molecule has 0 N–H and O–H groups in total. The summed E-state index contributed by atoms with van der Waals surface area (Å²) in [6.07, 6.45) is 0. The average Bonchev–Trinajstić information content (AvgIpc) is 2.51. The van der Waals surface area contributed by atoms with Crippen LogP contribution in [-0.2, 0) is 15.9 Å². The molecule has 0 saturated carbocycles. The molecule has 0 bridgehead atoms. The Labute approximate surface area is 149 Å². The van der Waals surface area contributed by atoms with Gasteiger partial charge >= 0.3 is 0 Å². The van der Waals surface area contributed by atoms with Crippen LogP contribution < -0.4 is 0 Å². The van der Waals surface area contributed by atoms with Crippen LogP contribution in [0.3, 0.4) is 0 Å². The normalized spacial score (nSPS) is 13.4. The molecule has 0 spiro atoms. The maximum absolute atomic E-state index is 13.1. The predicted molar refractivity (Wildman–Crippen MR) is 108 cm³/mol. The number of benzene rings is 4. The Hall–Kier alpha value is -2.28. The molecule has 4 aromatic carbocycles. The van der Waals surface area contributed by atoms with Crippen molar-refractivity contribution >= 4 is 32.3 Å². The highest BCUT2D eigenvalue weighted by atomic mass is 16.3. The van der Waals surface area contributed by atoms with Crippen LogP contribution in [0.2, 0.25) is 0 Å². The first-order chi connectivity index (χ1) is 11.6. The van der Waals surface area contributed by atoms with Gasteiger partial charge in [-0.25, -0.2) is 0 Å². The molecule has 4 aromatic rings. The van der Waals surface area contributed by atoms with E-state index < -0.39 is 0 Å². The van der Waals surface area contributed by atoms with Crippen molar-refractivity contribution in [2.45, 2.75) is 52.4 Å². The predicted octanol–water partition coefficient (Wildman–Crippen LogP) is 7.32. The van der Waals surface area contributed by atoms with Gasteiger partial charge in [0.25, 0.3) is 0 Å². The minimum atomic E-state index is -0.152. The molecule has 0 heterocycles. The molecule has 0 fully saturated rings. The molecular weight excluding hydrogens is 304 g/mol. The molecule has 1 nitrogen and oxygen atoms in total. The lowest BCUT2D eigenvalue weighted by Crippen LogP contribution is -2.12. The van der Waals surface area contributed by atoms with Gasteiger partial charge in [-0.3, -0.25) is 5.11 Å². The minimum Gasteiger partial charge on any atom is -0.289 e. The minimum absolute atomic E-state index is 0.105. The fourth-order valence-corrected chi connectivity index (χ4v) is 3.86. The van der Waals surface area contributed by atoms with Gasteiger partial charge in [-0.2, -0.15) is 0 Å². The Bertz CT molecular complexity index is 1090. The van der Waals surface area contributed by atoms with E-state index >= 15 is 0 Å². The summed E-state index contributed by atoms with van der Waals surface area (Å²) >= 11 is 0. The summed E-state index contributed by atoms with van der Waals surface area (Å²) in [5.74, 6) is 0.175.